The van der Waals surface area contributed by atoms with E-state index in [0.29, 0.717) is 0 Å². The number of hydrogen-bond donors (Lipinski definition) is 0. The maximum Gasteiger partial charge on any atom is 0.192 e. The Morgan fingerprint density at radius 2 is 1.63 bits per heavy atom. The Hall–Kier alpha value is -2.44. The van der Waals surface area contributed by atoms with Gasteiger partial charge < -0.3 is 0 Å². The zero-order valence-corrected chi connectivity index (χ0v) is 16.9. The van der Waals surface area contributed by atoms with Crippen LogP contribution in [0.5, 0.6) is 0 Å². The third-order valence-electron chi connectivity index (χ3n) is 4.10. The standard InChI is InChI=1S/C21H17BrN4S/c22-19-8-4-7-17(13-19)15-27-21-25-24-20(18-9-11-23-12-10-18)26(21)14-16-5-2-1-3-6-16/h1-13H,14-15H2. The Morgan fingerprint density at radius 3 is 2.41 bits per heavy atom. The van der Waals surface area contributed by atoms with Crippen molar-refractivity contribution >= 4 is 27.7 Å². The van der Waals surface area contributed by atoms with Gasteiger partial charge in [0.1, 0.15) is 0 Å². The number of benzene rings is 2. The van der Waals surface area contributed by atoms with Gasteiger partial charge in [0, 0.05) is 28.2 Å². The second kappa shape index (κ2) is 8.50. The van der Waals surface area contributed by atoms with Crippen LogP contribution in [0.25, 0.3) is 11.4 Å². The van der Waals surface area contributed by atoms with Gasteiger partial charge in [0.25, 0.3) is 0 Å². The van der Waals surface area contributed by atoms with Crippen LogP contribution in [-0.2, 0) is 12.3 Å². The maximum atomic E-state index is 4.47. The van der Waals surface area contributed by atoms with Crippen LogP contribution >= 0.6 is 27.7 Å². The van der Waals surface area contributed by atoms with Gasteiger partial charge in [0.2, 0.25) is 0 Å². The fraction of sp³-hybridized carbons (Fsp3) is 0.0952. The smallest absolute Gasteiger partial charge is 0.192 e. The average molecular weight is 437 g/mol. The molecule has 2 aromatic heterocycles. The van der Waals surface area contributed by atoms with Gasteiger partial charge in [-0.05, 0) is 35.4 Å². The van der Waals surface area contributed by atoms with Crippen LogP contribution in [0.2, 0.25) is 0 Å². The van der Waals surface area contributed by atoms with Crippen molar-refractivity contribution in [3.8, 4) is 11.4 Å². The zero-order valence-electron chi connectivity index (χ0n) is 14.5. The van der Waals surface area contributed by atoms with Crippen molar-refractivity contribution in [2.75, 3.05) is 0 Å². The van der Waals surface area contributed by atoms with Crippen molar-refractivity contribution in [3.05, 3.63) is 94.7 Å². The van der Waals surface area contributed by atoms with Gasteiger partial charge in [0.05, 0.1) is 6.54 Å². The lowest BCUT2D eigenvalue weighted by atomic mass is 10.2. The zero-order chi connectivity index (χ0) is 18.5. The Morgan fingerprint density at radius 1 is 0.852 bits per heavy atom. The van der Waals surface area contributed by atoms with Crippen molar-refractivity contribution in [2.45, 2.75) is 17.5 Å². The van der Waals surface area contributed by atoms with Crippen LogP contribution in [0.1, 0.15) is 11.1 Å². The van der Waals surface area contributed by atoms with Crippen LogP contribution in [0.4, 0.5) is 0 Å². The molecular weight excluding hydrogens is 420 g/mol. The molecule has 0 aliphatic carbocycles. The Bertz CT molecular complexity index is 1020. The molecule has 0 fully saturated rings. The van der Waals surface area contributed by atoms with E-state index in [4.69, 9.17) is 0 Å². The number of pyridine rings is 1. The Kier molecular flexibility index (Phi) is 5.65. The van der Waals surface area contributed by atoms with Crippen LogP contribution in [0.3, 0.4) is 0 Å². The third kappa shape index (κ3) is 4.46. The van der Waals surface area contributed by atoms with E-state index in [1.54, 1.807) is 24.2 Å². The molecule has 0 aliphatic rings. The van der Waals surface area contributed by atoms with Crippen LogP contribution in [-0.4, -0.2) is 19.7 Å². The fourth-order valence-corrected chi connectivity index (χ4v) is 4.12. The summed E-state index contributed by atoms with van der Waals surface area (Å²) in [5.74, 6) is 1.70. The second-order valence-electron chi connectivity index (χ2n) is 6.03. The molecule has 0 atom stereocenters. The third-order valence-corrected chi connectivity index (χ3v) is 5.63. The first kappa shape index (κ1) is 17.9. The lowest BCUT2D eigenvalue weighted by Crippen LogP contribution is -2.04. The fourth-order valence-electron chi connectivity index (χ4n) is 2.79. The molecule has 0 bridgehead atoms. The highest BCUT2D eigenvalue weighted by atomic mass is 79.9. The summed E-state index contributed by atoms with van der Waals surface area (Å²) in [6, 6.07) is 22.7. The summed E-state index contributed by atoms with van der Waals surface area (Å²) in [6.45, 7) is 0.728. The van der Waals surface area contributed by atoms with Gasteiger partial charge in [-0.1, -0.05) is 70.2 Å². The summed E-state index contributed by atoms with van der Waals surface area (Å²) in [5.41, 5.74) is 3.48. The van der Waals surface area contributed by atoms with E-state index in [0.717, 1.165) is 33.3 Å². The predicted octanol–water partition coefficient (Wildman–Crippen LogP) is 5.44. The molecule has 0 spiro atoms. The maximum absolute atomic E-state index is 4.47. The highest BCUT2D eigenvalue weighted by molar-refractivity contribution is 9.10. The van der Waals surface area contributed by atoms with E-state index in [9.17, 15) is 0 Å². The molecule has 0 amide bonds. The molecule has 0 unspecified atom stereocenters. The molecule has 0 aliphatic heterocycles. The molecule has 4 rings (SSSR count). The molecular formula is C21H17BrN4S. The van der Waals surface area contributed by atoms with E-state index in [-0.39, 0.29) is 0 Å². The number of nitrogens with zero attached hydrogens (tertiary/aromatic N) is 4. The molecule has 4 aromatic rings. The van der Waals surface area contributed by atoms with Gasteiger partial charge in [-0.2, -0.15) is 0 Å². The number of halogens is 1. The van der Waals surface area contributed by atoms with E-state index >= 15 is 0 Å². The summed E-state index contributed by atoms with van der Waals surface area (Å²) >= 11 is 5.23. The van der Waals surface area contributed by atoms with Gasteiger partial charge in [-0.3, -0.25) is 9.55 Å². The van der Waals surface area contributed by atoms with E-state index in [1.807, 2.05) is 24.3 Å². The Balaban J connectivity index is 1.65. The molecule has 6 heteroatoms. The number of thioether (sulfide) groups is 1. The van der Waals surface area contributed by atoms with Gasteiger partial charge in [-0.25, -0.2) is 0 Å². The summed E-state index contributed by atoms with van der Waals surface area (Å²) in [5, 5.41) is 9.85. The van der Waals surface area contributed by atoms with Crippen LogP contribution < -0.4 is 0 Å². The summed E-state index contributed by atoms with van der Waals surface area (Å²) in [7, 11) is 0. The van der Waals surface area contributed by atoms with E-state index < -0.39 is 0 Å². The lowest BCUT2D eigenvalue weighted by molar-refractivity contribution is 0.714. The minimum atomic E-state index is 0.728. The number of aromatic nitrogens is 4. The molecule has 2 heterocycles. The highest BCUT2D eigenvalue weighted by Gasteiger charge is 2.15. The molecule has 27 heavy (non-hydrogen) atoms. The first-order valence-corrected chi connectivity index (χ1v) is 10.3. The topological polar surface area (TPSA) is 43.6 Å². The SMILES string of the molecule is Brc1cccc(CSc2nnc(-c3ccncc3)n2Cc2ccccc2)c1. The largest absolute Gasteiger partial charge is 0.298 e. The van der Waals surface area contributed by atoms with E-state index in [2.05, 4.69) is 78.1 Å². The van der Waals surface area contributed by atoms with Crippen molar-refractivity contribution < 1.29 is 0 Å². The minimum Gasteiger partial charge on any atom is -0.298 e. The quantitative estimate of drug-likeness (QED) is 0.377. The molecule has 0 saturated heterocycles. The molecule has 4 nitrogen and oxygen atoms in total. The summed E-state index contributed by atoms with van der Waals surface area (Å²) in [4.78, 5) is 4.11. The van der Waals surface area contributed by atoms with Crippen LogP contribution in [0, 0.1) is 0 Å². The number of rotatable bonds is 6. The highest BCUT2D eigenvalue weighted by Crippen LogP contribution is 2.27. The normalized spacial score (nSPS) is 10.9. The Labute approximate surface area is 170 Å². The molecule has 0 radical (unpaired) electrons. The van der Waals surface area contributed by atoms with Crippen molar-refractivity contribution in [2.24, 2.45) is 0 Å². The second-order valence-corrected chi connectivity index (χ2v) is 7.89. The monoisotopic (exact) mass is 436 g/mol. The first-order valence-electron chi connectivity index (χ1n) is 8.54. The molecule has 0 N–H and O–H groups in total. The molecule has 2 aromatic carbocycles. The lowest BCUT2D eigenvalue weighted by Gasteiger charge is -2.10. The molecule has 0 saturated carbocycles. The van der Waals surface area contributed by atoms with Crippen molar-refractivity contribution in [1.29, 1.82) is 0 Å². The number of hydrogen-bond acceptors (Lipinski definition) is 4. The summed E-state index contributed by atoms with van der Waals surface area (Å²) < 4.78 is 3.26. The van der Waals surface area contributed by atoms with Crippen molar-refractivity contribution in [3.63, 3.8) is 0 Å². The van der Waals surface area contributed by atoms with E-state index in [1.165, 1.54) is 11.1 Å². The van der Waals surface area contributed by atoms with Gasteiger partial charge in [0.15, 0.2) is 11.0 Å². The first-order chi connectivity index (χ1) is 13.3. The molecule has 134 valence electrons. The van der Waals surface area contributed by atoms with Crippen LogP contribution in [0.15, 0.2) is 88.8 Å². The predicted molar refractivity (Wildman–Crippen MR) is 112 cm³/mol. The minimum absolute atomic E-state index is 0.728. The van der Waals surface area contributed by atoms with Gasteiger partial charge >= 0.3 is 0 Å². The van der Waals surface area contributed by atoms with Gasteiger partial charge in [-0.15, -0.1) is 10.2 Å². The average Bonchev–Trinajstić information content (AvgIpc) is 3.10. The van der Waals surface area contributed by atoms with Crippen molar-refractivity contribution in [1.82, 2.24) is 19.7 Å². The summed E-state index contributed by atoms with van der Waals surface area (Å²) in [6.07, 6.45) is 3.57.